The van der Waals surface area contributed by atoms with Crippen molar-refractivity contribution in [3.8, 4) is 5.75 Å². The van der Waals surface area contributed by atoms with Gasteiger partial charge in [-0.1, -0.05) is 6.07 Å². The van der Waals surface area contributed by atoms with E-state index in [1.165, 1.54) is 6.07 Å². The number of carbonyl (C=O) groups is 1. The van der Waals surface area contributed by atoms with E-state index in [2.05, 4.69) is 0 Å². The molecule has 0 aromatic heterocycles. The van der Waals surface area contributed by atoms with Gasteiger partial charge >= 0.3 is 0 Å². The second-order valence-electron chi connectivity index (χ2n) is 2.32. The molecule has 0 bridgehead atoms. The Morgan fingerprint density at radius 1 is 1.31 bits per heavy atom. The van der Waals surface area contributed by atoms with E-state index in [-0.39, 0.29) is 5.56 Å². The van der Waals surface area contributed by atoms with E-state index >= 15 is 0 Å². The molecule has 0 heterocycles. The van der Waals surface area contributed by atoms with Crippen molar-refractivity contribution in [3.05, 3.63) is 23.8 Å². The maximum atomic E-state index is 10.6. The van der Waals surface area contributed by atoms with E-state index in [0.29, 0.717) is 6.29 Å². The summed E-state index contributed by atoms with van der Waals surface area (Å²) in [5.41, 5.74) is 0.130. The van der Waals surface area contributed by atoms with Crippen LogP contribution in [-0.2, 0) is 10.1 Å². The summed E-state index contributed by atoms with van der Waals surface area (Å²) in [6, 6.07) is 3.08. The molecule has 0 spiro atoms. The van der Waals surface area contributed by atoms with Crippen LogP contribution < -0.4 is 0 Å². The Labute approximate surface area is 74.4 Å². The number of rotatable bonds is 2. The topological polar surface area (TPSA) is 91.7 Å². The molecule has 0 aliphatic carbocycles. The van der Waals surface area contributed by atoms with Crippen LogP contribution in [0.4, 0.5) is 0 Å². The Kier molecular flexibility index (Phi) is 2.35. The lowest BCUT2D eigenvalue weighted by Gasteiger charge is -2.00. The molecule has 0 saturated heterocycles. The van der Waals surface area contributed by atoms with Crippen molar-refractivity contribution in [1.82, 2.24) is 0 Å². The van der Waals surface area contributed by atoms with Crippen LogP contribution in [0.25, 0.3) is 0 Å². The number of hydrogen-bond donors (Lipinski definition) is 2. The fraction of sp³-hybridized carbons (Fsp3) is 0. The van der Waals surface area contributed by atoms with Crippen LogP contribution in [0.1, 0.15) is 10.4 Å². The number of hydrogen-bond acceptors (Lipinski definition) is 4. The second kappa shape index (κ2) is 3.15. The monoisotopic (exact) mass is 202 g/mol. The maximum Gasteiger partial charge on any atom is 0.298 e. The Balaban J connectivity index is 3.37. The molecule has 0 atom stereocenters. The molecular weight excluding hydrogens is 196 g/mol. The predicted octanol–water partition coefficient (Wildman–Crippen LogP) is 0.451. The Hall–Kier alpha value is -1.40. The van der Waals surface area contributed by atoms with Crippen molar-refractivity contribution in [2.75, 3.05) is 0 Å². The van der Waals surface area contributed by atoms with E-state index in [0.717, 1.165) is 12.1 Å². The average molecular weight is 202 g/mol. The van der Waals surface area contributed by atoms with Gasteiger partial charge in [0.1, 0.15) is 16.9 Å². The molecule has 5 nitrogen and oxygen atoms in total. The molecule has 0 radical (unpaired) electrons. The van der Waals surface area contributed by atoms with Crippen LogP contribution in [-0.4, -0.2) is 24.4 Å². The zero-order valence-electron chi connectivity index (χ0n) is 6.34. The third-order valence-electron chi connectivity index (χ3n) is 1.40. The highest BCUT2D eigenvalue weighted by Crippen LogP contribution is 2.22. The molecule has 2 N–H and O–H groups in total. The summed E-state index contributed by atoms with van der Waals surface area (Å²) >= 11 is 0. The number of benzene rings is 1. The van der Waals surface area contributed by atoms with Crippen LogP contribution in [0, 0.1) is 0 Å². The summed E-state index contributed by atoms with van der Waals surface area (Å²) in [4.78, 5) is 9.58. The van der Waals surface area contributed by atoms with E-state index in [9.17, 15) is 13.2 Å². The summed E-state index contributed by atoms with van der Waals surface area (Å²) in [6.45, 7) is 0. The molecule has 0 amide bonds. The number of aromatic hydroxyl groups is 1. The third-order valence-corrected chi connectivity index (χ3v) is 2.30. The van der Waals surface area contributed by atoms with Crippen molar-refractivity contribution in [2.45, 2.75) is 4.90 Å². The van der Waals surface area contributed by atoms with Crippen molar-refractivity contribution in [1.29, 1.82) is 0 Å². The molecule has 1 aromatic rings. The minimum absolute atomic E-state index is 0.130. The molecule has 1 aromatic carbocycles. The maximum absolute atomic E-state index is 10.6. The van der Waals surface area contributed by atoms with Gasteiger partial charge in [-0.15, -0.1) is 0 Å². The second-order valence-corrected chi connectivity index (χ2v) is 3.71. The minimum atomic E-state index is -4.42. The van der Waals surface area contributed by atoms with Gasteiger partial charge in [0, 0.05) is 5.56 Å². The molecule has 0 unspecified atom stereocenters. The summed E-state index contributed by atoms with van der Waals surface area (Å²) in [5, 5.41) is 9.06. The predicted molar refractivity (Wildman–Crippen MR) is 43.3 cm³/mol. The lowest BCUT2D eigenvalue weighted by Crippen LogP contribution is -1.98. The molecule has 0 aliphatic rings. The van der Waals surface area contributed by atoms with E-state index in [4.69, 9.17) is 9.66 Å². The van der Waals surface area contributed by atoms with Crippen LogP contribution in [0.5, 0.6) is 5.75 Å². The largest absolute Gasteiger partial charge is 0.506 e. The number of phenols is 1. The van der Waals surface area contributed by atoms with Crippen LogP contribution in [0.2, 0.25) is 0 Å². The van der Waals surface area contributed by atoms with Gasteiger partial charge in [0.25, 0.3) is 10.1 Å². The SMILES string of the molecule is O=Cc1ccc(S(=O)(=O)O)c(O)c1. The first-order chi connectivity index (χ1) is 5.95. The number of carbonyl (C=O) groups excluding carboxylic acids is 1. The summed E-state index contributed by atoms with van der Waals surface area (Å²) < 4.78 is 29.7. The van der Waals surface area contributed by atoms with Crippen LogP contribution in [0.3, 0.4) is 0 Å². The Morgan fingerprint density at radius 2 is 1.92 bits per heavy atom. The van der Waals surface area contributed by atoms with E-state index in [1.807, 2.05) is 0 Å². The van der Waals surface area contributed by atoms with Crippen molar-refractivity contribution >= 4 is 16.4 Å². The first-order valence-electron chi connectivity index (χ1n) is 3.21. The highest BCUT2D eigenvalue weighted by atomic mass is 32.2. The molecule has 13 heavy (non-hydrogen) atoms. The molecule has 0 aliphatic heterocycles. The zero-order valence-corrected chi connectivity index (χ0v) is 7.15. The summed E-state index contributed by atoms with van der Waals surface area (Å²) in [5.74, 6) is -0.646. The fourth-order valence-corrected chi connectivity index (χ4v) is 1.39. The zero-order chi connectivity index (χ0) is 10.1. The van der Waals surface area contributed by atoms with Gasteiger partial charge in [-0.3, -0.25) is 9.35 Å². The van der Waals surface area contributed by atoms with Gasteiger partial charge < -0.3 is 5.11 Å². The highest BCUT2D eigenvalue weighted by molar-refractivity contribution is 7.86. The van der Waals surface area contributed by atoms with Gasteiger partial charge in [-0.25, -0.2) is 0 Å². The Bertz CT molecular complexity index is 434. The van der Waals surface area contributed by atoms with Crippen molar-refractivity contribution < 1.29 is 22.9 Å². The number of aldehydes is 1. The first-order valence-corrected chi connectivity index (χ1v) is 4.65. The van der Waals surface area contributed by atoms with Crippen LogP contribution in [0.15, 0.2) is 23.1 Å². The molecule has 6 heteroatoms. The average Bonchev–Trinajstić information content (AvgIpc) is 2.01. The lowest BCUT2D eigenvalue weighted by atomic mass is 10.2. The van der Waals surface area contributed by atoms with Gasteiger partial charge in [-0.2, -0.15) is 8.42 Å². The normalized spacial score (nSPS) is 11.2. The van der Waals surface area contributed by atoms with Crippen molar-refractivity contribution in [2.24, 2.45) is 0 Å². The van der Waals surface area contributed by atoms with Gasteiger partial charge in [-0.05, 0) is 12.1 Å². The molecule has 70 valence electrons. The highest BCUT2D eigenvalue weighted by Gasteiger charge is 2.14. The molecule has 0 fully saturated rings. The lowest BCUT2D eigenvalue weighted by molar-refractivity contribution is 0.112. The minimum Gasteiger partial charge on any atom is -0.506 e. The Morgan fingerprint density at radius 3 is 2.31 bits per heavy atom. The smallest absolute Gasteiger partial charge is 0.298 e. The van der Waals surface area contributed by atoms with Gasteiger partial charge in [0.15, 0.2) is 0 Å². The van der Waals surface area contributed by atoms with Crippen molar-refractivity contribution in [3.63, 3.8) is 0 Å². The standard InChI is InChI=1S/C7H6O5S/c8-4-5-1-2-7(6(9)3-5)13(10,11)12/h1-4,9H,(H,10,11,12). The summed E-state index contributed by atoms with van der Waals surface area (Å²) in [7, 11) is -4.42. The van der Waals surface area contributed by atoms with Gasteiger partial charge in [0.05, 0.1) is 0 Å². The number of phenolic OH excluding ortho intramolecular Hbond substituents is 1. The summed E-state index contributed by atoms with van der Waals surface area (Å²) in [6.07, 6.45) is 0.452. The third kappa shape index (κ3) is 2.04. The van der Waals surface area contributed by atoms with E-state index < -0.39 is 20.8 Å². The van der Waals surface area contributed by atoms with Gasteiger partial charge in [0.2, 0.25) is 0 Å². The molecule has 1 rings (SSSR count). The molecule has 0 saturated carbocycles. The van der Waals surface area contributed by atoms with E-state index in [1.54, 1.807) is 0 Å². The van der Waals surface area contributed by atoms with Crippen LogP contribution >= 0.6 is 0 Å². The fourth-order valence-electron chi connectivity index (χ4n) is 0.826. The first kappa shape index (κ1) is 9.69. The molecular formula is C7H6O5S. The quantitative estimate of drug-likeness (QED) is 0.536.